The highest BCUT2D eigenvalue weighted by atomic mass is 35.5. The Morgan fingerprint density at radius 2 is 2.13 bits per heavy atom. The third-order valence-corrected chi connectivity index (χ3v) is 8.34. The fourth-order valence-electron chi connectivity index (χ4n) is 5.67. The number of halogens is 4. The van der Waals surface area contributed by atoms with Crippen molar-refractivity contribution in [1.29, 1.82) is 0 Å². The Labute approximate surface area is 225 Å². The summed E-state index contributed by atoms with van der Waals surface area (Å²) < 4.78 is 49.6. The minimum Gasteiger partial charge on any atom is -0.481 e. The second-order valence-corrected chi connectivity index (χ2v) is 10.9. The van der Waals surface area contributed by atoms with Gasteiger partial charge in [-0.2, -0.15) is 0 Å². The molecule has 0 amide bonds. The number of thiazole rings is 1. The third-order valence-electron chi connectivity index (χ3n) is 7.26. The second kappa shape index (κ2) is 10.3. The van der Waals surface area contributed by atoms with Gasteiger partial charge in [0.05, 0.1) is 23.7 Å². The molecule has 2 fully saturated rings. The number of benzene rings is 1. The lowest BCUT2D eigenvalue weighted by atomic mass is 9.87. The number of amidine groups is 1. The van der Waals surface area contributed by atoms with Crippen LogP contribution in [0.25, 0.3) is 0 Å². The van der Waals surface area contributed by atoms with Gasteiger partial charge >= 0.3 is 11.9 Å². The van der Waals surface area contributed by atoms with Gasteiger partial charge in [-0.15, -0.1) is 11.3 Å². The normalized spacial score (nSPS) is 26.6. The van der Waals surface area contributed by atoms with Crippen LogP contribution in [0.15, 0.2) is 46.0 Å². The third kappa shape index (κ3) is 5.04. The molecule has 0 radical (unpaired) electrons. The van der Waals surface area contributed by atoms with Gasteiger partial charge in [-0.3, -0.25) is 14.7 Å². The average molecular weight is 569 g/mol. The smallest absolute Gasteiger partial charge is 0.338 e. The molecule has 13 heteroatoms. The van der Waals surface area contributed by atoms with Gasteiger partial charge in [0.1, 0.15) is 11.9 Å². The van der Waals surface area contributed by atoms with E-state index in [1.807, 2.05) is 0 Å². The number of hydrogen-bond donors (Lipinski definition) is 2. The second-order valence-electron chi connectivity index (χ2n) is 9.64. The number of fused-ring (bicyclic) bond motifs is 2. The minimum absolute atomic E-state index is 0.0237. The van der Waals surface area contributed by atoms with E-state index in [0.29, 0.717) is 28.5 Å². The highest BCUT2D eigenvalue weighted by Gasteiger charge is 2.57. The van der Waals surface area contributed by atoms with Crippen LogP contribution < -0.4 is 5.32 Å². The van der Waals surface area contributed by atoms with E-state index in [0.717, 1.165) is 0 Å². The first-order valence-corrected chi connectivity index (χ1v) is 13.2. The van der Waals surface area contributed by atoms with Crippen LogP contribution in [-0.2, 0) is 14.3 Å². The summed E-state index contributed by atoms with van der Waals surface area (Å²) in [5.41, 5.74) is 0.681. The number of aliphatic carboxylic acids is 1. The lowest BCUT2D eigenvalue weighted by Gasteiger charge is -2.40. The maximum atomic E-state index is 15.1. The van der Waals surface area contributed by atoms with Crippen LogP contribution in [0.5, 0.6) is 0 Å². The molecule has 5 rings (SSSR count). The molecule has 8 nitrogen and oxygen atoms in total. The molecule has 4 atom stereocenters. The number of ether oxygens (including phenoxy) is 1. The Balaban J connectivity index is 1.56. The lowest BCUT2D eigenvalue weighted by molar-refractivity contribution is -0.139. The molecule has 4 heterocycles. The quantitative estimate of drug-likeness (QED) is 0.477. The van der Waals surface area contributed by atoms with Crippen LogP contribution in [-0.4, -0.2) is 64.4 Å². The fraction of sp³-hybridized carbons (Fsp3) is 0.440. The van der Waals surface area contributed by atoms with Gasteiger partial charge in [0.15, 0.2) is 10.8 Å². The Kier molecular flexibility index (Phi) is 7.23. The number of aliphatic imine (C=N–C) groups is 1. The van der Waals surface area contributed by atoms with Gasteiger partial charge in [0, 0.05) is 42.7 Å². The van der Waals surface area contributed by atoms with Gasteiger partial charge in [0.25, 0.3) is 5.92 Å². The van der Waals surface area contributed by atoms with Crippen molar-refractivity contribution in [2.24, 2.45) is 10.9 Å². The van der Waals surface area contributed by atoms with Crippen LogP contribution in [0.4, 0.5) is 13.2 Å². The maximum Gasteiger partial charge on any atom is 0.338 e. The van der Waals surface area contributed by atoms with Crippen LogP contribution in [0.3, 0.4) is 0 Å². The number of esters is 1. The number of methoxy groups -OCH3 is 1. The van der Waals surface area contributed by atoms with Crippen molar-refractivity contribution in [3.05, 3.63) is 62.5 Å². The molecule has 202 valence electrons. The van der Waals surface area contributed by atoms with Crippen molar-refractivity contribution in [3.63, 3.8) is 0 Å². The number of piperidine rings is 1. The Morgan fingerprint density at radius 1 is 1.34 bits per heavy atom. The number of hydrogen-bond acceptors (Lipinski definition) is 8. The van der Waals surface area contributed by atoms with Gasteiger partial charge in [-0.25, -0.2) is 22.9 Å². The summed E-state index contributed by atoms with van der Waals surface area (Å²) in [4.78, 5) is 34.9. The Hall–Kier alpha value is -2.96. The zero-order valence-corrected chi connectivity index (χ0v) is 21.7. The molecule has 0 saturated carbocycles. The predicted molar refractivity (Wildman–Crippen MR) is 134 cm³/mol. The first-order chi connectivity index (χ1) is 18.1. The van der Waals surface area contributed by atoms with Crippen molar-refractivity contribution in [1.82, 2.24) is 15.2 Å². The summed E-state index contributed by atoms with van der Waals surface area (Å²) in [7, 11) is 1.20. The minimum atomic E-state index is -3.01. The first-order valence-electron chi connectivity index (χ1n) is 11.9. The molecule has 0 unspecified atom stereocenters. The number of carboxylic acids is 1. The predicted octanol–water partition coefficient (Wildman–Crippen LogP) is 4.42. The van der Waals surface area contributed by atoms with E-state index in [2.05, 4.69) is 15.3 Å². The molecular formula is C25H24ClF3N4O4S. The molecule has 38 heavy (non-hydrogen) atoms. The van der Waals surface area contributed by atoms with Crippen molar-refractivity contribution in [3.8, 4) is 0 Å². The van der Waals surface area contributed by atoms with Crippen molar-refractivity contribution >= 4 is 40.7 Å². The monoisotopic (exact) mass is 568 g/mol. The Morgan fingerprint density at radius 3 is 2.76 bits per heavy atom. The van der Waals surface area contributed by atoms with Gasteiger partial charge in [-0.1, -0.05) is 17.7 Å². The van der Waals surface area contributed by atoms with E-state index < -0.39 is 48.2 Å². The van der Waals surface area contributed by atoms with E-state index in [-0.39, 0.29) is 35.9 Å². The molecule has 2 saturated heterocycles. The number of carboxylic acid groups (broad SMARTS) is 1. The Bertz CT molecular complexity index is 1320. The fourth-order valence-corrected chi connectivity index (χ4v) is 6.37. The summed E-state index contributed by atoms with van der Waals surface area (Å²) in [6, 6.07) is 1.31. The molecule has 2 aromatic rings. The number of nitrogens with zero attached hydrogens (tertiary/aromatic N) is 3. The molecule has 1 aromatic carbocycles. The largest absolute Gasteiger partial charge is 0.481 e. The highest BCUT2D eigenvalue weighted by Crippen LogP contribution is 2.49. The van der Waals surface area contributed by atoms with Crippen molar-refractivity contribution in [2.45, 2.75) is 49.7 Å². The number of rotatable bonds is 7. The summed E-state index contributed by atoms with van der Waals surface area (Å²) in [6.07, 6.45) is 1.34. The van der Waals surface area contributed by atoms with Crippen molar-refractivity contribution < 1.29 is 32.6 Å². The summed E-state index contributed by atoms with van der Waals surface area (Å²) in [5, 5.41) is 14.5. The zero-order chi connectivity index (χ0) is 27.2. The summed E-state index contributed by atoms with van der Waals surface area (Å²) in [6.45, 7) is -0.0634. The van der Waals surface area contributed by atoms with Crippen LogP contribution in [0.2, 0.25) is 5.02 Å². The topological polar surface area (TPSA) is 104 Å². The molecule has 0 aliphatic carbocycles. The summed E-state index contributed by atoms with van der Waals surface area (Å²) in [5.74, 6) is -5.52. The van der Waals surface area contributed by atoms with Crippen LogP contribution in [0, 0.1) is 11.7 Å². The van der Waals surface area contributed by atoms with Crippen LogP contribution in [0.1, 0.15) is 42.3 Å². The maximum absolute atomic E-state index is 15.1. The molecule has 0 spiro atoms. The SMILES string of the molecule is COC(=O)C1=C(CN2[C@H]3C[C@@H](CC(=O)O)C[C@H]2C(F)(F)C3)NC(c2nccs2)=N[C@H]1c1ccc(Cl)c(F)c1. The average Bonchev–Trinajstić information content (AvgIpc) is 3.44. The molecule has 3 aliphatic heterocycles. The molecule has 2 N–H and O–H groups in total. The number of nitrogens with one attached hydrogen (secondary N) is 1. The van der Waals surface area contributed by atoms with E-state index in [1.54, 1.807) is 22.5 Å². The van der Waals surface area contributed by atoms with Gasteiger partial charge < -0.3 is 15.2 Å². The van der Waals surface area contributed by atoms with Gasteiger partial charge in [0.2, 0.25) is 0 Å². The standard InChI is InChI=1S/C25H24ClF3N4O4S/c1-37-24(36)20-17(11-33-14-6-12(8-19(34)35)7-18(33)25(28,29)10-14)31-22(23-30-4-5-38-23)32-21(20)13-2-3-15(26)16(27)9-13/h2-5,9,12,14,18,21H,6-8,10-11H2,1H3,(H,31,32)(H,34,35)/t12-,14+,18+,21+/m1/s1. The number of carbonyl (C=O) groups is 2. The molecular weight excluding hydrogens is 545 g/mol. The van der Waals surface area contributed by atoms with E-state index >= 15 is 8.78 Å². The number of carbonyl (C=O) groups excluding carboxylic acids is 1. The molecule has 3 aliphatic rings. The highest BCUT2D eigenvalue weighted by molar-refractivity contribution is 7.11. The van der Waals surface area contributed by atoms with Crippen LogP contribution >= 0.6 is 22.9 Å². The zero-order valence-electron chi connectivity index (χ0n) is 20.2. The van der Waals surface area contributed by atoms with E-state index in [4.69, 9.17) is 16.3 Å². The van der Waals surface area contributed by atoms with Gasteiger partial charge in [-0.05, 0) is 36.5 Å². The van der Waals surface area contributed by atoms with Crippen molar-refractivity contribution in [2.75, 3.05) is 13.7 Å². The first kappa shape index (κ1) is 26.6. The molecule has 1 aromatic heterocycles. The van der Waals surface area contributed by atoms with E-state index in [9.17, 15) is 19.1 Å². The molecule has 2 bridgehead atoms. The number of alkyl halides is 2. The van der Waals surface area contributed by atoms with E-state index in [1.165, 1.54) is 30.6 Å². The summed E-state index contributed by atoms with van der Waals surface area (Å²) >= 11 is 7.16. The lowest BCUT2D eigenvalue weighted by Crippen LogP contribution is -2.50. The number of aromatic nitrogens is 1.